The fourth-order valence-corrected chi connectivity index (χ4v) is 3.06. The van der Waals surface area contributed by atoms with Gasteiger partial charge in [0.25, 0.3) is 0 Å². The molecule has 1 atom stereocenters. The van der Waals surface area contributed by atoms with Crippen molar-refractivity contribution in [3.8, 4) is 0 Å². The maximum Gasteiger partial charge on any atom is 0.401 e. The Balaban J connectivity index is 2.59. The van der Waals surface area contributed by atoms with Gasteiger partial charge in [-0.1, -0.05) is 11.8 Å². The van der Waals surface area contributed by atoms with Gasteiger partial charge in [-0.2, -0.15) is 13.2 Å². The number of thioether (sulfide) groups is 2. The molecule has 1 amide bonds. The molecule has 0 aromatic heterocycles. The van der Waals surface area contributed by atoms with Crippen LogP contribution in [0.15, 0.2) is 0 Å². The van der Waals surface area contributed by atoms with Gasteiger partial charge in [-0.3, -0.25) is 9.59 Å². The Bertz CT molecular complexity index is 303. The smallest absolute Gasteiger partial charge is 0.333 e. The van der Waals surface area contributed by atoms with E-state index in [0.717, 1.165) is 12.7 Å². The van der Waals surface area contributed by atoms with Gasteiger partial charge in [0.05, 0.1) is 5.88 Å². The van der Waals surface area contributed by atoms with Crippen molar-refractivity contribution in [1.29, 1.82) is 0 Å². The third kappa shape index (κ3) is 4.79. The van der Waals surface area contributed by atoms with Crippen LogP contribution in [-0.2, 0) is 9.59 Å². The van der Waals surface area contributed by atoms with Crippen LogP contribution in [0.2, 0.25) is 0 Å². The van der Waals surface area contributed by atoms with E-state index in [1.165, 1.54) is 16.7 Å². The van der Waals surface area contributed by atoms with Crippen LogP contribution < -0.4 is 0 Å². The summed E-state index contributed by atoms with van der Waals surface area (Å²) in [6, 6.07) is 0. The van der Waals surface area contributed by atoms with Crippen LogP contribution in [0.1, 0.15) is 13.3 Å². The van der Waals surface area contributed by atoms with Crippen LogP contribution >= 0.6 is 23.5 Å². The molecule has 98 valence electrons. The van der Waals surface area contributed by atoms with Gasteiger partial charge in [-0.05, 0) is 0 Å². The van der Waals surface area contributed by atoms with E-state index in [-0.39, 0.29) is 11.8 Å². The number of rotatable bonds is 3. The molecule has 1 saturated heterocycles. The van der Waals surface area contributed by atoms with Gasteiger partial charge >= 0.3 is 6.18 Å². The molecule has 1 fully saturated rings. The molecule has 1 heterocycles. The third-order valence-electron chi connectivity index (χ3n) is 2.14. The molecule has 0 N–H and O–H groups in total. The van der Waals surface area contributed by atoms with Gasteiger partial charge in [-0.15, -0.1) is 11.8 Å². The normalized spacial score (nSPS) is 18.2. The summed E-state index contributed by atoms with van der Waals surface area (Å²) >= 11 is 1.68. The first-order chi connectivity index (χ1) is 7.80. The molecule has 0 spiro atoms. The molecule has 1 aliphatic rings. The van der Waals surface area contributed by atoms with E-state index in [1.807, 2.05) is 0 Å². The highest BCUT2D eigenvalue weighted by Crippen LogP contribution is 2.34. The Morgan fingerprint density at radius 3 is 2.53 bits per heavy atom. The molecule has 1 unspecified atom stereocenters. The molecule has 0 aromatic carbocycles. The van der Waals surface area contributed by atoms with E-state index in [0.29, 0.717) is 12.4 Å². The monoisotopic (exact) mass is 287 g/mol. The minimum absolute atomic E-state index is 0.175. The highest BCUT2D eigenvalue weighted by molar-refractivity contribution is 8.14. The zero-order valence-corrected chi connectivity index (χ0v) is 10.8. The number of halogens is 3. The average molecular weight is 287 g/mol. The fraction of sp³-hybridized carbons (Fsp3) is 0.778. The average Bonchev–Trinajstić information content (AvgIpc) is 2.66. The second-order valence-corrected chi connectivity index (χ2v) is 5.99. The summed E-state index contributed by atoms with van der Waals surface area (Å²) < 4.78 is 37.7. The second kappa shape index (κ2) is 5.99. The topological polar surface area (TPSA) is 37.4 Å². The van der Waals surface area contributed by atoms with Crippen molar-refractivity contribution >= 4 is 34.5 Å². The highest BCUT2D eigenvalue weighted by atomic mass is 32.2. The summed E-state index contributed by atoms with van der Waals surface area (Å²) in [7, 11) is 0. The quantitative estimate of drug-likeness (QED) is 0.797. The molecule has 1 aliphatic heterocycles. The Morgan fingerprint density at radius 1 is 1.47 bits per heavy atom. The maximum absolute atomic E-state index is 12.6. The van der Waals surface area contributed by atoms with Gasteiger partial charge in [0.15, 0.2) is 5.12 Å². The summed E-state index contributed by atoms with van der Waals surface area (Å²) in [5, 5.41) is -2.56. The number of amides is 1. The number of hydrogen-bond acceptors (Lipinski definition) is 4. The lowest BCUT2D eigenvalue weighted by Crippen LogP contribution is -2.36. The van der Waals surface area contributed by atoms with Crippen LogP contribution in [-0.4, -0.2) is 45.5 Å². The minimum Gasteiger partial charge on any atom is -0.333 e. The Kier molecular flexibility index (Phi) is 5.18. The van der Waals surface area contributed by atoms with Crippen LogP contribution in [0.5, 0.6) is 0 Å². The van der Waals surface area contributed by atoms with Crippen molar-refractivity contribution in [3.05, 3.63) is 0 Å². The standard InChI is InChI=1S/C9H12F3NO2S2/c1-6(14)17-7(9(10,11)12)4-8(15)13-2-3-16-5-13/h7H,2-5H2,1H3. The third-order valence-corrected chi connectivity index (χ3v) is 4.15. The van der Waals surface area contributed by atoms with Crippen molar-refractivity contribution in [2.45, 2.75) is 24.8 Å². The summed E-state index contributed by atoms with van der Waals surface area (Å²) in [4.78, 5) is 23.7. The summed E-state index contributed by atoms with van der Waals surface area (Å²) in [5.74, 6) is 0.655. The first kappa shape index (κ1) is 14.7. The van der Waals surface area contributed by atoms with Crippen LogP contribution in [0, 0.1) is 0 Å². The Labute approximate surface area is 105 Å². The largest absolute Gasteiger partial charge is 0.401 e. The molecule has 8 heteroatoms. The number of alkyl halides is 3. The van der Waals surface area contributed by atoms with E-state index >= 15 is 0 Å². The van der Waals surface area contributed by atoms with Crippen molar-refractivity contribution in [2.75, 3.05) is 18.2 Å². The predicted octanol–water partition coefficient (Wildman–Crippen LogP) is 2.12. The molecule has 3 nitrogen and oxygen atoms in total. The number of carbonyl (C=O) groups excluding carboxylic acids is 2. The molecule has 0 saturated carbocycles. The first-order valence-corrected chi connectivity index (χ1v) is 6.93. The molecular formula is C9H12F3NO2S2. The molecule has 0 aliphatic carbocycles. The molecule has 17 heavy (non-hydrogen) atoms. The molecule has 0 radical (unpaired) electrons. The zero-order chi connectivity index (χ0) is 13.1. The zero-order valence-electron chi connectivity index (χ0n) is 9.12. The van der Waals surface area contributed by atoms with Crippen molar-refractivity contribution in [3.63, 3.8) is 0 Å². The molecule has 1 rings (SSSR count). The van der Waals surface area contributed by atoms with Gasteiger partial charge < -0.3 is 4.90 Å². The lowest BCUT2D eigenvalue weighted by molar-refractivity contribution is -0.145. The maximum atomic E-state index is 12.6. The molecular weight excluding hydrogens is 275 g/mol. The number of hydrogen-bond donors (Lipinski definition) is 0. The van der Waals surface area contributed by atoms with Gasteiger partial charge in [-0.25, -0.2) is 0 Å². The molecule has 0 aromatic rings. The van der Waals surface area contributed by atoms with Crippen molar-refractivity contribution in [1.82, 2.24) is 4.90 Å². The lowest BCUT2D eigenvalue weighted by atomic mass is 10.2. The van der Waals surface area contributed by atoms with Gasteiger partial charge in [0.1, 0.15) is 5.25 Å². The Hall–Kier alpha value is -0.370. The fourth-order valence-electron chi connectivity index (χ4n) is 1.32. The van der Waals surface area contributed by atoms with E-state index in [2.05, 4.69) is 0 Å². The summed E-state index contributed by atoms with van der Waals surface area (Å²) in [6.45, 7) is 1.55. The van der Waals surface area contributed by atoms with E-state index in [9.17, 15) is 22.8 Å². The van der Waals surface area contributed by atoms with Crippen molar-refractivity contribution < 1.29 is 22.8 Å². The highest BCUT2D eigenvalue weighted by Gasteiger charge is 2.43. The van der Waals surface area contributed by atoms with E-state index < -0.39 is 28.9 Å². The second-order valence-electron chi connectivity index (χ2n) is 3.54. The first-order valence-electron chi connectivity index (χ1n) is 4.90. The van der Waals surface area contributed by atoms with Crippen molar-refractivity contribution in [2.24, 2.45) is 0 Å². The number of carbonyl (C=O) groups is 2. The predicted molar refractivity (Wildman–Crippen MR) is 61.8 cm³/mol. The van der Waals surface area contributed by atoms with E-state index in [4.69, 9.17) is 0 Å². The van der Waals surface area contributed by atoms with Gasteiger partial charge in [0.2, 0.25) is 5.91 Å². The van der Waals surface area contributed by atoms with E-state index in [1.54, 1.807) is 0 Å². The summed E-state index contributed by atoms with van der Waals surface area (Å²) in [6.07, 6.45) is -5.19. The lowest BCUT2D eigenvalue weighted by Gasteiger charge is -2.21. The van der Waals surface area contributed by atoms with Crippen LogP contribution in [0.3, 0.4) is 0 Å². The van der Waals surface area contributed by atoms with Gasteiger partial charge in [0, 0.05) is 25.6 Å². The number of nitrogens with zero attached hydrogens (tertiary/aromatic N) is 1. The Morgan fingerprint density at radius 2 is 2.12 bits per heavy atom. The molecule has 0 bridgehead atoms. The van der Waals surface area contributed by atoms with Crippen LogP contribution in [0.4, 0.5) is 13.2 Å². The summed E-state index contributed by atoms with van der Waals surface area (Å²) in [5.41, 5.74) is 0. The van der Waals surface area contributed by atoms with Crippen LogP contribution in [0.25, 0.3) is 0 Å². The minimum atomic E-state index is -4.53. The SMILES string of the molecule is CC(=O)SC(CC(=O)N1CCSC1)C(F)(F)F.